The van der Waals surface area contributed by atoms with Gasteiger partial charge in [-0.15, -0.1) is 0 Å². The third-order valence-corrected chi connectivity index (χ3v) is 3.46. The van der Waals surface area contributed by atoms with Crippen molar-refractivity contribution in [3.05, 3.63) is 59.1 Å². The first-order valence-electron chi connectivity index (χ1n) is 7.20. The molecule has 0 unspecified atom stereocenters. The van der Waals surface area contributed by atoms with Crippen molar-refractivity contribution in [1.29, 1.82) is 0 Å². The fraction of sp³-hybridized carbons (Fsp3) is 0.235. The SMILES string of the molecule is CC[C@@H](Oc1cccc(Cl)c1)C(=O)Nc1ccccc1C(F)(F)F. The molecule has 2 aromatic rings. The van der Waals surface area contributed by atoms with E-state index >= 15 is 0 Å². The van der Waals surface area contributed by atoms with E-state index in [4.69, 9.17) is 16.3 Å². The Hall–Kier alpha value is -2.21. The molecule has 2 aromatic carbocycles. The molecule has 0 aliphatic rings. The molecule has 0 radical (unpaired) electrons. The lowest BCUT2D eigenvalue weighted by Crippen LogP contribution is -2.33. The highest BCUT2D eigenvalue weighted by atomic mass is 35.5. The van der Waals surface area contributed by atoms with Crippen LogP contribution in [-0.4, -0.2) is 12.0 Å². The normalized spacial score (nSPS) is 12.5. The molecule has 7 heteroatoms. The number of carbonyl (C=O) groups excluding carboxylic acids is 1. The molecule has 1 atom stereocenters. The molecule has 0 aliphatic carbocycles. The number of rotatable bonds is 5. The van der Waals surface area contributed by atoms with Crippen LogP contribution >= 0.6 is 11.6 Å². The summed E-state index contributed by atoms with van der Waals surface area (Å²) in [4.78, 5) is 12.3. The average Bonchev–Trinajstić information content (AvgIpc) is 2.52. The number of ether oxygens (including phenoxy) is 1. The van der Waals surface area contributed by atoms with Crippen molar-refractivity contribution in [3.63, 3.8) is 0 Å². The van der Waals surface area contributed by atoms with Crippen LogP contribution in [0.1, 0.15) is 18.9 Å². The highest BCUT2D eigenvalue weighted by Crippen LogP contribution is 2.34. The minimum atomic E-state index is -4.56. The molecule has 0 aliphatic heterocycles. The Bertz CT molecular complexity index is 719. The van der Waals surface area contributed by atoms with Crippen molar-refractivity contribution in [2.75, 3.05) is 5.32 Å². The van der Waals surface area contributed by atoms with E-state index in [1.807, 2.05) is 0 Å². The smallest absolute Gasteiger partial charge is 0.418 e. The molecular weight excluding hydrogens is 343 g/mol. The molecule has 0 fully saturated rings. The maximum Gasteiger partial charge on any atom is 0.418 e. The van der Waals surface area contributed by atoms with Gasteiger partial charge in [0.1, 0.15) is 5.75 Å². The third-order valence-electron chi connectivity index (χ3n) is 3.23. The Morgan fingerprint density at radius 1 is 1.21 bits per heavy atom. The van der Waals surface area contributed by atoms with Gasteiger partial charge in [0.2, 0.25) is 0 Å². The van der Waals surface area contributed by atoms with Gasteiger partial charge in [0.25, 0.3) is 5.91 Å². The number of halogens is 4. The number of para-hydroxylation sites is 1. The van der Waals surface area contributed by atoms with Crippen LogP contribution in [0.3, 0.4) is 0 Å². The number of hydrogen-bond acceptors (Lipinski definition) is 2. The quantitative estimate of drug-likeness (QED) is 0.803. The Morgan fingerprint density at radius 2 is 1.92 bits per heavy atom. The lowest BCUT2D eigenvalue weighted by molar-refractivity contribution is -0.137. The van der Waals surface area contributed by atoms with Gasteiger partial charge in [0.05, 0.1) is 11.3 Å². The van der Waals surface area contributed by atoms with Crippen LogP contribution < -0.4 is 10.1 Å². The van der Waals surface area contributed by atoms with Crippen LogP contribution in [0.4, 0.5) is 18.9 Å². The van der Waals surface area contributed by atoms with Gasteiger partial charge in [-0.3, -0.25) is 4.79 Å². The number of amides is 1. The maximum absolute atomic E-state index is 13.0. The molecule has 0 saturated carbocycles. The summed E-state index contributed by atoms with van der Waals surface area (Å²) < 4.78 is 44.5. The van der Waals surface area contributed by atoms with Gasteiger partial charge in [0, 0.05) is 5.02 Å². The van der Waals surface area contributed by atoms with E-state index in [0.717, 1.165) is 6.07 Å². The largest absolute Gasteiger partial charge is 0.481 e. The number of nitrogens with one attached hydrogen (secondary N) is 1. The molecule has 0 bridgehead atoms. The molecule has 0 saturated heterocycles. The highest BCUT2D eigenvalue weighted by Gasteiger charge is 2.34. The van der Waals surface area contributed by atoms with Crippen LogP contribution in [0.2, 0.25) is 5.02 Å². The highest BCUT2D eigenvalue weighted by molar-refractivity contribution is 6.30. The van der Waals surface area contributed by atoms with Crippen LogP contribution in [0.15, 0.2) is 48.5 Å². The molecule has 2 rings (SSSR count). The topological polar surface area (TPSA) is 38.3 Å². The van der Waals surface area contributed by atoms with Crippen molar-refractivity contribution in [3.8, 4) is 5.75 Å². The fourth-order valence-corrected chi connectivity index (χ4v) is 2.26. The summed E-state index contributed by atoms with van der Waals surface area (Å²) >= 11 is 5.85. The first-order valence-corrected chi connectivity index (χ1v) is 7.58. The van der Waals surface area contributed by atoms with Gasteiger partial charge >= 0.3 is 6.18 Å². The molecule has 3 nitrogen and oxygen atoms in total. The lowest BCUT2D eigenvalue weighted by atomic mass is 10.1. The number of hydrogen-bond donors (Lipinski definition) is 1. The van der Waals surface area contributed by atoms with E-state index in [-0.39, 0.29) is 12.1 Å². The molecular formula is C17H15ClF3NO2. The van der Waals surface area contributed by atoms with Gasteiger partial charge in [-0.1, -0.05) is 36.7 Å². The summed E-state index contributed by atoms with van der Waals surface area (Å²) in [7, 11) is 0. The fourth-order valence-electron chi connectivity index (χ4n) is 2.08. The van der Waals surface area contributed by atoms with Gasteiger partial charge in [-0.25, -0.2) is 0 Å². The van der Waals surface area contributed by atoms with Crippen molar-refractivity contribution in [2.45, 2.75) is 25.6 Å². The van der Waals surface area contributed by atoms with Gasteiger partial charge in [-0.2, -0.15) is 13.2 Å². The minimum absolute atomic E-state index is 0.284. The number of anilines is 1. The summed E-state index contributed by atoms with van der Waals surface area (Å²) in [5.74, 6) is -0.289. The van der Waals surface area contributed by atoms with E-state index in [1.54, 1.807) is 25.1 Å². The summed E-state index contributed by atoms with van der Waals surface area (Å²) in [6.07, 6.45) is -5.21. The number of carbonyl (C=O) groups is 1. The lowest BCUT2D eigenvalue weighted by Gasteiger charge is -2.19. The molecule has 1 N–H and O–H groups in total. The van der Waals surface area contributed by atoms with Crippen molar-refractivity contribution in [1.82, 2.24) is 0 Å². The first kappa shape index (κ1) is 18.1. The molecule has 0 spiro atoms. The summed E-state index contributed by atoms with van der Waals surface area (Å²) in [6.45, 7) is 1.70. The summed E-state index contributed by atoms with van der Waals surface area (Å²) in [5, 5.41) is 2.72. The van der Waals surface area contributed by atoms with E-state index in [0.29, 0.717) is 10.8 Å². The second-order valence-corrected chi connectivity index (χ2v) is 5.44. The second kappa shape index (κ2) is 7.57. The van der Waals surface area contributed by atoms with Crippen molar-refractivity contribution in [2.24, 2.45) is 0 Å². The Kier molecular flexibility index (Phi) is 5.72. The Labute approximate surface area is 142 Å². The predicted octanol–water partition coefficient (Wildman–Crippen LogP) is 5.15. The second-order valence-electron chi connectivity index (χ2n) is 5.00. The predicted molar refractivity (Wildman–Crippen MR) is 86.2 cm³/mol. The third kappa shape index (κ3) is 4.64. The average molecular weight is 358 g/mol. The van der Waals surface area contributed by atoms with Crippen molar-refractivity contribution >= 4 is 23.2 Å². The van der Waals surface area contributed by atoms with E-state index < -0.39 is 23.8 Å². The molecule has 0 aromatic heterocycles. The van der Waals surface area contributed by atoms with Crippen LogP contribution in [0.5, 0.6) is 5.75 Å². The summed E-state index contributed by atoms with van der Waals surface area (Å²) in [5.41, 5.74) is -1.21. The van der Waals surface area contributed by atoms with Crippen LogP contribution in [-0.2, 0) is 11.0 Å². The zero-order valence-electron chi connectivity index (χ0n) is 12.7. The van der Waals surface area contributed by atoms with Crippen LogP contribution in [0.25, 0.3) is 0 Å². The monoisotopic (exact) mass is 357 g/mol. The molecule has 0 heterocycles. The number of alkyl halides is 3. The Morgan fingerprint density at radius 3 is 2.54 bits per heavy atom. The zero-order valence-corrected chi connectivity index (χ0v) is 13.5. The van der Waals surface area contributed by atoms with Gasteiger partial charge in [0.15, 0.2) is 6.10 Å². The molecule has 24 heavy (non-hydrogen) atoms. The van der Waals surface area contributed by atoms with Crippen LogP contribution in [0, 0.1) is 0 Å². The minimum Gasteiger partial charge on any atom is -0.481 e. The van der Waals surface area contributed by atoms with E-state index in [9.17, 15) is 18.0 Å². The zero-order chi connectivity index (χ0) is 17.7. The van der Waals surface area contributed by atoms with Gasteiger partial charge < -0.3 is 10.1 Å². The van der Waals surface area contributed by atoms with Crippen molar-refractivity contribution < 1.29 is 22.7 Å². The van der Waals surface area contributed by atoms with Gasteiger partial charge in [-0.05, 0) is 36.8 Å². The van der Waals surface area contributed by atoms with E-state index in [1.165, 1.54) is 24.3 Å². The maximum atomic E-state index is 13.0. The number of benzene rings is 2. The molecule has 128 valence electrons. The first-order chi connectivity index (χ1) is 11.3. The Balaban J connectivity index is 2.16. The van der Waals surface area contributed by atoms with E-state index in [2.05, 4.69) is 5.32 Å². The molecule has 1 amide bonds. The summed E-state index contributed by atoms with van der Waals surface area (Å²) in [6, 6.07) is 11.2. The standard InChI is InChI=1S/C17H15ClF3NO2/c1-2-15(24-12-7-5-6-11(18)10-12)16(23)22-14-9-4-3-8-13(14)17(19,20)21/h3-10,15H,2H2,1H3,(H,22,23)/t15-/m1/s1.